The molecule has 8 nitrogen and oxygen atoms in total. The Bertz CT molecular complexity index is 895. The number of amides is 2. The van der Waals surface area contributed by atoms with Gasteiger partial charge in [0.1, 0.15) is 11.3 Å². The largest absolute Gasteiger partial charge is 0.484 e. The van der Waals surface area contributed by atoms with Gasteiger partial charge < -0.3 is 19.4 Å². The number of carbonyl (C=O) groups is 2. The number of nitrogens with one attached hydrogen (secondary N) is 1. The first-order valence-corrected chi connectivity index (χ1v) is 9.48. The molecule has 0 atom stereocenters. The van der Waals surface area contributed by atoms with Crippen molar-refractivity contribution < 1.29 is 18.7 Å². The van der Waals surface area contributed by atoms with Crippen LogP contribution < -0.4 is 15.7 Å². The first-order valence-electron chi connectivity index (χ1n) is 9.48. The molecule has 3 rings (SSSR count). The van der Waals surface area contributed by atoms with E-state index in [9.17, 15) is 14.4 Å². The molecular formula is C20H25N3O5. The fourth-order valence-electron chi connectivity index (χ4n) is 3.20. The molecule has 8 heteroatoms. The Balaban J connectivity index is 1.52. The molecule has 150 valence electrons. The van der Waals surface area contributed by atoms with Gasteiger partial charge >= 0.3 is 5.63 Å². The molecule has 2 aromatic rings. The van der Waals surface area contributed by atoms with E-state index in [2.05, 4.69) is 10.2 Å². The van der Waals surface area contributed by atoms with Crippen LogP contribution >= 0.6 is 0 Å². The van der Waals surface area contributed by atoms with Crippen LogP contribution in [0.2, 0.25) is 0 Å². The standard InChI is InChI=1S/C20H25N3O5/c1-2-21-18(24)13-22-8-3-9-23(11-10-22)19(25)14-27-16-6-4-15-5-7-20(26)28-17(15)12-16/h4-7,12H,2-3,8-11,13-14H2,1H3,(H,21,24). The smallest absolute Gasteiger partial charge is 0.336 e. The highest BCUT2D eigenvalue weighted by molar-refractivity contribution is 5.80. The van der Waals surface area contributed by atoms with Crippen molar-refractivity contribution in [2.75, 3.05) is 45.9 Å². The van der Waals surface area contributed by atoms with Crippen molar-refractivity contribution in [2.24, 2.45) is 0 Å². The van der Waals surface area contributed by atoms with Crippen LogP contribution in [0.4, 0.5) is 0 Å². The van der Waals surface area contributed by atoms with Gasteiger partial charge in [0, 0.05) is 50.2 Å². The summed E-state index contributed by atoms with van der Waals surface area (Å²) in [5, 5.41) is 3.58. The number of rotatable bonds is 6. The average Bonchev–Trinajstić information content (AvgIpc) is 2.91. The number of fused-ring (bicyclic) bond motifs is 1. The monoisotopic (exact) mass is 387 g/mol. The molecule has 1 aromatic carbocycles. The van der Waals surface area contributed by atoms with E-state index in [4.69, 9.17) is 9.15 Å². The predicted octanol–water partition coefficient (Wildman–Crippen LogP) is 0.842. The van der Waals surface area contributed by atoms with Crippen LogP contribution in [0, 0.1) is 0 Å². The highest BCUT2D eigenvalue weighted by atomic mass is 16.5. The minimum absolute atomic E-state index is 0.00793. The number of hydrogen-bond acceptors (Lipinski definition) is 6. The Morgan fingerprint density at radius 1 is 1.14 bits per heavy atom. The lowest BCUT2D eigenvalue weighted by molar-refractivity contribution is -0.133. The van der Waals surface area contributed by atoms with Crippen LogP contribution in [0.1, 0.15) is 13.3 Å². The summed E-state index contributed by atoms with van der Waals surface area (Å²) in [7, 11) is 0. The third kappa shape index (κ3) is 5.32. The molecule has 2 heterocycles. The second-order valence-electron chi connectivity index (χ2n) is 6.71. The van der Waals surface area contributed by atoms with Gasteiger partial charge in [-0.3, -0.25) is 14.5 Å². The van der Waals surface area contributed by atoms with E-state index in [0.717, 1.165) is 18.4 Å². The first kappa shape index (κ1) is 19.9. The summed E-state index contributed by atoms with van der Waals surface area (Å²) in [6, 6.07) is 8.18. The zero-order valence-corrected chi connectivity index (χ0v) is 16.0. The van der Waals surface area contributed by atoms with Gasteiger partial charge in [-0.15, -0.1) is 0 Å². The maximum absolute atomic E-state index is 12.5. The van der Waals surface area contributed by atoms with Gasteiger partial charge in [0.25, 0.3) is 5.91 Å². The van der Waals surface area contributed by atoms with Gasteiger partial charge in [-0.25, -0.2) is 4.79 Å². The average molecular weight is 387 g/mol. The van der Waals surface area contributed by atoms with E-state index in [-0.39, 0.29) is 18.4 Å². The molecule has 28 heavy (non-hydrogen) atoms. The highest BCUT2D eigenvalue weighted by Gasteiger charge is 2.20. The van der Waals surface area contributed by atoms with E-state index in [1.165, 1.54) is 6.07 Å². The van der Waals surface area contributed by atoms with E-state index < -0.39 is 5.63 Å². The summed E-state index contributed by atoms with van der Waals surface area (Å²) in [6.07, 6.45) is 0.812. The molecular weight excluding hydrogens is 362 g/mol. The quantitative estimate of drug-likeness (QED) is 0.739. The van der Waals surface area contributed by atoms with E-state index in [1.54, 1.807) is 29.2 Å². The third-order valence-corrected chi connectivity index (χ3v) is 4.64. The summed E-state index contributed by atoms with van der Waals surface area (Å²) in [6.45, 7) is 5.43. The van der Waals surface area contributed by atoms with Crippen molar-refractivity contribution in [3.05, 3.63) is 40.8 Å². The number of benzene rings is 1. The van der Waals surface area contributed by atoms with Gasteiger partial charge in [-0.2, -0.15) is 0 Å². The summed E-state index contributed by atoms with van der Waals surface area (Å²) >= 11 is 0. The Morgan fingerprint density at radius 2 is 1.96 bits per heavy atom. The second-order valence-corrected chi connectivity index (χ2v) is 6.71. The van der Waals surface area contributed by atoms with Gasteiger partial charge in [0.2, 0.25) is 5.91 Å². The van der Waals surface area contributed by atoms with Crippen LogP contribution in [0.25, 0.3) is 11.0 Å². The minimum Gasteiger partial charge on any atom is -0.484 e. The van der Waals surface area contributed by atoms with Crippen LogP contribution in [0.5, 0.6) is 5.75 Å². The topological polar surface area (TPSA) is 92.1 Å². The lowest BCUT2D eigenvalue weighted by Gasteiger charge is -2.21. The molecule has 1 aliphatic rings. The molecule has 1 N–H and O–H groups in total. The Morgan fingerprint density at radius 3 is 2.79 bits per heavy atom. The van der Waals surface area contributed by atoms with Crippen molar-refractivity contribution in [1.82, 2.24) is 15.1 Å². The van der Waals surface area contributed by atoms with Crippen LogP contribution in [-0.2, 0) is 9.59 Å². The summed E-state index contributed by atoms with van der Waals surface area (Å²) in [5.74, 6) is 0.380. The Labute approximate surface area is 163 Å². The van der Waals surface area contributed by atoms with Crippen molar-refractivity contribution in [3.8, 4) is 5.75 Å². The number of likely N-dealkylation sites (N-methyl/N-ethyl adjacent to an activating group) is 1. The number of ether oxygens (including phenoxy) is 1. The first-order chi connectivity index (χ1) is 13.5. The molecule has 2 amide bonds. The maximum atomic E-state index is 12.5. The molecule has 0 spiro atoms. The predicted molar refractivity (Wildman–Crippen MR) is 104 cm³/mol. The zero-order valence-electron chi connectivity index (χ0n) is 16.0. The van der Waals surface area contributed by atoms with Crippen molar-refractivity contribution in [2.45, 2.75) is 13.3 Å². The van der Waals surface area contributed by atoms with E-state index >= 15 is 0 Å². The molecule has 0 saturated carbocycles. The molecule has 1 aromatic heterocycles. The lowest BCUT2D eigenvalue weighted by Crippen LogP contribution is -2.40. The van der Waals surface area contributed by atoms with Gasteiger partial charge in [-0.1, -0.05) is 0 Å². The van der Waals surface area contributed by atoms with Crippen molar-refractivity contribution in [1.29, 1.82) is 0 Å². The summed E-state index contributed by atoms with van der Waals surface area (Å²) in [5.41, 5.74) is -0.00400. The van der Waals surface area contributed by atoms with E-state index in [1.807, 2.05) is 6.92 Å². The van der Waals surface area contributed by atoms with Crippen LogP contribution in [0.15, 0.2) is 39.5 Å². The number of hydrogen-bond donors (Lipinski definition) is 1. The van der Waals surface area contributed by atoms with E-state index in [0.29, 0.717) is 44.1 Å². The third-order valence-electron chi connectivity index (χ3n) is 4.64. The van der Waals surface area contributed by atoms with Crippen molar-refractivity contribution in [3.63, 3.8) is 0 Å². The Kier molecular flexibility index (Phi) is 6.65. The molecule has 0 radical (unpaired) electrons. The molecule has 0 aliphatic carbocycles. The van der Waals surface area contributed by atoms with Crippen LogP contribution in [-0.4, -0.2) is 67.5 Å². The second kappa shape index (κ2) is 9.36. The zero-order chi connectivity index (χ0) is 19.9. The number of carbonyl (C=O) groups excluding carboxylic acids is 2. The number of nitrogens with zero attached hydrogens (tertiary/aromatic N) is 2. The fourth-order valence-corrected chi connectivity index (χ4v) is 3.20. The molecule has 1 fully saturated rings. The molecule has 0 bridgehead atoms. The fraction of sp³-hybridized carbons (Fsp3) is 0.450. The normalized spacial score (nSPS) is 15.2. The Hall–Kier alpha value is -2.87. The minimum atomic E-state index is -0.428. The van der Waals surface area contributed by atoms with Crippen LogP contribution in [0.3, 0.4) is 0 Å². The lowest BCUT2D eigenvalue weighted by atomic mass is 10.2. The molecule has 0 unspecified atom stereocenters. The molecule has 1 saturated heterocycles. The maximum Gasteiger partial charge on any atom is 0.336 e. The summed E-state index contributed by atoms with van der Waals surface area (Å²) < 4.78 is 10.7. The SMILES string of the molecule is CCNC(=O)CN1CCCN(C(=O)COc2ccc3ccc(=O)oc3c2)CC1. The van der Waals surface area contributed by atoms with Gasteiger partial charge in [0.05, 0.1) is 6.54 Å². The molecule has 1 aliphatic heterocycles. The van der Waals surface area contributed by atoms with Gasteiger partial charge in [-0.05, 0) is 31.5 Å². The van der Waals surface area contributed by atoms with Crippen molar-refractivity contribution >= 4 is 22.8 Å². The summed E-state index contributed by atoms with van der Waals surface area (Å²) in [4.78, 5) is 39.4. The highest BCUT2D eigenvalue weighted by Crippen LogP contribution is 2.19. The van der Waals surface area contributed by atoms with Gasteiger partial charge in [0.15, 0.2) is 6.61 Å².